The molecule has 0 saturated heterocycles. The standard InChI is InChI=1S/C22H14Cl2F2N2O2S/c23-14-11-9-13(10-12-14)19-27-28(20(29)15-5-1-3-7-17(15)24)21(31-19)16-6-2-4-8-18(16)30-22(25)26/h1-12,21-22H. The molecule has 0 aromatic heterocycles. The first-order valence-electron chi connectivity index (χ1n) is 9.07. The Kier molecular flexibility index (Phi) is 6.46. The number of thioether (sulfide) groups is 1. The molecule has 0 aliphatic carbocycles. The van der Waals surface area contributed by atoms with Gasteiger partial charge in [0.1, 0.15) is 16.2 Å². The van der Waals surface area contributed by atoms with Crippen LogP contribution in [0.2, 0.25) is 10.0 Å². The van der Waals surface area contributed by atoms with Crippen LogP contribution in [0.25, 0.3) is 0 Å². The van der Waals surface area contributed by atoms with Gasteiger partial charge in [0.25, 0.3) is 5.91 Å². The van der Waals surface area contributed by atoms with Crippen LogP contribution in [0.4, 0.5) is 8.78 Å². The van der Waals surface area contributed by atoms with Gasteiger partial charge in [0.05, 0.1) is 10.6 Å². The van der Waals surface area contributed by atoms with Crippen LogP contribution in [0.1, 0.15) is 26.9 Å². The Morgan fingerprint density at radius 3 is 2.39 bits per heavy atom. The lowest BCUT2D eigenvalue weighted by atomic mass is 10.1. The largest absolute Gasteiger partial charge is 0.434 e. The van der Waals surface area contributed by atoms with Gasteiger partial charge in [-0.3, -0.25) is 4.79 Å². The molecule has 3 aromatic rings. The number of nitrogens with zero attached hydrogens (tertiary/aromatic N) is 2. The fraction of sp³-hybridized carbons (Fsp3) is 0.0909. The molecule has 1 aliphatic heterocycles. The summed E-state index contributed by atoms with van der Waals surface area (Å²) >= 11 is 13.4. The molecule has 1 amide bonds. The second-order valence-electron chi connectivity index (χ2n) is 6.43. The van der Waals surface area contributed by atoms with Crippen molar-refractivity contribution in [3.8, 4) is 5.75 Å². The van der Waals surface area contributed by atoms with Crippen LogP contribution in [0.3, 0.4) is 0 Å². The van der Waals surface area contributed by atoms with Gasteiger partial charge in [0.2, 0.25) is 0 Å². The summed E-state index contributed by atoms with van der Waals surface area (Å²) in [5.74, 6) is -0.488. The summed E-state index contributed by atoms with van der Waals surface area (Å²) in [4.78, 5) is 13.3. The van der Waals surface area contributed by atoms with Crippen molar-refractivity contribution in [1.29, 1.82) is 0 Å². The van der Waals surface area contributed by atoms with E-state index in [0.29, 0.717) is 15.6 Å². The highest BCUT2D eigenvalue weighted by atomic mass is 35.5. The number of benzene rings is 3. The van der Waals surface area contributed by atoms with Crippen LogP contribution in [-0.2, 0) is 0 Å². The molecule has 31 heavy (non-hydrogen) atoms. The molecule has 1 heterocycles. The minimum Gasteiger partial charge on any atom is -0.434 e. The fourth-order valence-corrected chi connectivity index (χ4v) is 4.57. The van der Waals surface area contributed by atoms with Crippen molar-refractivity contribution in [2.75, 3.05) is 0 Å². The van der Waals surface area contributed by atoms with Crippen LogP contribution in [0.15, 0.2) is 77.9 Å². The number of halogens is 4. The molecule has 0 N–H and O–H groups in total. The van der Waals surface area contributed by atoms with E-state index in [1.807, 2.05) is 0 Å². The lowest BCUT2D eigenvalue weighted by Crippen LogP contribution is -2.26. The van der Waals surface area contributed by atoms with Gasteiger partial charge in [-0.25, -0.2) is 5.01 Å². The van der Waals surface area contributed by atoms with Gasteiger partial charge in [0, 0.05) is 16.1 Å². The van der Waals surface area contributed by atoms with Crippen LogP contribution < -0.4 is 4.74 Å². The summed E-state index contributed by atoms with van der Waals surface area (Å²) in [6.45, 7) is -3.00. The van der Waals surface area contributed by atoms with E-state index in [2.05, 4.69) is 5.10 Å². The van der Waals surface area contributed by atoms with Crippen LogP contribution >= 0.6 is 35.0 Å². The molecule has 0 radical (unpaired) electrons. The highest BCUT2D eigenvalue weighted by Gasteiger charge is 2.37. The van der Waals surface area contributed by atoms with Crippen LogP contribution in [0.5, 0.6) is 5.75 Å². The topological polar surface area (TPSA) is 41.9 Å². The number of para-hydroxylation sites is 1. The van der Waals surface area contributed by atoms with Crippen molar-refractivity contribution >= 4 is 45.9 Å². The molecule has 4 nitrogen and oxygen atoms in total. The summed E-state index contributed by atoms with van der Waals surface area (Å²) < 4.78 is 30.6. The van der Waals surface area contributed by atoms with Crippen LogP contribution in [-0.4, -0.2) is 22.6 Å². The second-order valence-corrected chi connectivity index (χ2v) is 8.34. The highest BCUT2D eigenvalue weighted by molar-refractivity contribution is 8.14. The lowest BCUT2D eigenvalue weighted by Gasteiger charge is -2.23. The zero-order valence-electron chi connectivity index (χ0n) is 15.7. The minimum atomic E-state index is -3.00. The van der Waals surface area contributed by atoms with Crippen molar-refractivity contribution in [2.24, 2.45) is 5.10 Å². The number of hydrogen-bond acceptors (Lipinski definition) is 4. The van der Waals surface area contributed by atoms with Gasteiger partial charge in [-0.15, -0.1) is 0 Å². The van der Waals surface area contributed by atoms with Crippen molar-refractivity contribution in [1.82, 2.24) is 5.01 Å². The number of carbonyl (C=O) groups excluding carboxylic acids is 1. The molecular formula is C22H14Cl2F2N2O2S. The molecule has 1 aliphatic rings. The van der Waals surface area contributed by atoms with Crippen molar-refractivity contribution in [3.05, 3.63) is 99.5 Å². The maximum atomic E-state index is 13.3. The van der Waals surface area contributed by atoms with E-state index in [9.17, 15) is 13.6 Å². The number of hydrogen-bond donors (Lipinski definition) is 0. The van der Waals surface area contributed by atoms with E-state index in [1.165, 1.54) is 22.8 Å². The third kappa shape index (κ3) is 4.69. The number of amides is 1. The summed E-state index contributed by atoms with van der Waals surface area (Å²) in [6, 6.07) is 19.9. The molecule has 0 bridgehead atoms. The van der Waals surface area contributed by atoms with E-state index in [0.717, 1.165) is 5.56 Å². The van der Waals surface area contributed by atoms with E-state index < -0.39 is 17.9 Å². The van der Waals surface area contributed by atoms with Crippen LogP contribution in [0, 0.1) is 0 Å². The summed E-state index contributed by atoms with van der Waals surface area (Å²) in [7, 11) is 0. The fourth-order valence-electron chi connectivity index (χ4n) is 3.04. The van der Waals surface area contributed by atoms with Crippen molar-refractivity contribution in [3.63, 3.8) is 0 Å². The van der Waals surface area contributed by atoms with E-state index in [1.54, 1.807) is 66.7 Å². The SMILES string of the molecule is O=C(c1ccccc1Cl)N1N=C(c2ccc(Cl)cc2)SC1c1ccccc1OC(F)F. The Balaban J connectivity index is 1.78. The van der Waals surface area contributed by atoms with Gasteiger partial charge in [-0.2, -0.15) is 13.9 Å². The number of carbonyl (C=O) groups is 1. The third-order valence-electron chi connectivity index (χ3n) is 4.45. The zero-order chi connectivity index (χ0) is 22.0. The average Bonchev–Trinajstić information content (AvgIpc) is 3.19. The quantitative estimate of drug-likeness (QED) is 0.402. The molecule has 9 heteroatoms. The molecule has 1 atom stereocenters. The monoisotopic (exact) mass is 478 g/mol. The van der Waals surface area contributed by atoms with Crippen molar-refractivity contribution < 1.29 is 18.3 Å². The molecule has 3 aromatic carbocycles. The summed E-state index contributed by atoms with van der Waals surface area (Å²) in [5, 5.41) is 6.37. The third-order valence-corrected chi connectivity index (χ3v) is 6.25. The smallest absolute Gasteiger partial charge is 0.387 e. The van der Waals surface area contributed by atoms with E-state index in [4.69, 9.17) is 27.9 Å². The predicted octanol–water partition coefficient (Wildman–Crippen LogP) is 6.84. The Labute approximate surface area is 191 Å². The predicted molar refractivity (Wildman–Crippen MR) is 119 cm³/mol. The van der Waals surface area contributed by atoms with Crippen molar-refractivity contribution in [2.45, 2.75) is 12.0 Å². The lowest BCUT2D eigenvalue weighted by molar-refractivity contribution is -0.0507. The number of rotatable bonds is 5. The molecular weight excluding hydrogens is 465 g/mol. The summed E-state index contributed by atoms with van der Waals surface area (Å²) in [5.41, 5.74) is 1.38. The number of alkyl halides is 2. The van der Waals surface area contributed by atoms with Gasteiger partial charge >= 0.3 is 6.61 Å². The van der Waals surface area contributed by atoms with Gasteiger partial charge in [-0.1, -0.05) is 77.4 Å². The van der Waals surface area contributed by atoms with E-state index >= 15 is 0 Å². The van der Waals surface area contributed by atoms with Gasteiger partial charge in [-0.05, 0) is 30.3 Å². The highest BCUT2D eigenvalue weighted by Crippen LogP contribution is 2.45. The maximum Gasteiger partial charge on any atom is 0.387 e. The summed E-state index contributed by atoms with van der Waals surface area (Å²) in [6.07, 6.45) is 0. The molecule has 4 rings (SSSR count). The Morgan fingerprint density at radius 1 is 1.00 bits per heavy atom. The first-order valence-corrected chi connectivity index (χ1v) is 10.7. The van der Waals surface area contributed by atoms with Gasteiger partial charge in [0.15, 0.2) is 0 Å². The first kappa shape index (κ1) is 21.6. The molecule has 0 saturated carbocycles. The second kappa shape index (κ2) is 9.26. The molecule has 1 unspecified atom stereocenters. The zero-order valence-corrected chi connectivity index (χ0v) is 18.0. The molecule has 0 spiro atoms. The average molecular weight is 479 g/mol. The van der Waals surface area contributed by atoms with E-state index in [-0.39, 0.29) is 16.3 Å². The molecule has 158 valence electrons. The number of ether oxygens (including phenoxy) is 1. The number of hydrazone groups is 1. The Hall–Kier alpha value is -2.61. The minimum absolute atomic E-state index is 0.0282. The molecule has 0 fully saturated rings. The normalized spacial score (nSPS) is 15.8. The first-order chi connectivity index (χ1) is 14.9. The van der Waals surface area contributed by atoms with Gasteiger partial charge < -0.3 is 4.74 Å². The Morgan fingerprint density at radius 2 is 1.68 bits per heavy atom. The Bertz CT molecular complexity index is 1140. The maximum absolute atomic E-state index is 13.3.